The number of aromatic nitrogens is 3. The molecule has 0 spiro atoms. The zero-order chi connectivity index (χ0) is 24.3. The first-order valence-electron chi connectivity index (χ1n) is 11.3. The number of hydrogen-bond acceptors (Lipinski definition) is 8. The zero-order valence-corrected chi connectivity index (χ0v) is 20.4. The molecule has 1 aliphatic heterocycles. The third-order valence-electron chi connectivity index (χ3n) is 5.91. The van der Waals surface area contributed by atoms with Gasteiger partial charge in [0.15, 0.2) is 11.6 Å². The van der Waals surface area contributed by atoms with E-state index in [1.165, 1.54) is 11.4 Å². The van der Waals surface area contributed by atoms with Gasteiger partial charge in [-0.05, 0) is 48.6 Å². The molecule has 4 rings (SSSR count). The highest BCUT2D eigenvalue weighted by Gasteiger charge is 2.30. The molecular weight excluding hydrogens is 452 g/mol. The number of pyridine rings is 1. The number of nitrogens with one attached hydrogen (secondary N) is 1. The molecule has 1 atom stereocenters. The van der Waals surface area contributed by atoms with Crippen LogP contribution in [0, 0.1) is 0 Å². The van der Waals surface area contributed by atoms with E-state index in [-0.39, 0.29) is 10.9 Å². The number of nitrogens with zero attached hydrogens (tertiary/aromatic N) is 4. The van der Waals surface area contributed by atoms with E-state index < -0.39 is 10.0 Å². The van der Waals surface area contributed by atoms with Crippen LogP contribution in [0.5, 0.6) is 5.75 Å². The Bertz CT molecular complexity index is 1250. The van der Waals surface area contributed by atoms with E-state index in [9.17, 15) is 8.42 Å². The van der Waals surface area contributed by atoms with Crippen LogP contribution in [0.1, 0.15) is 38.3 Å². The Balaban J connectivity index is 1.48. The fourth-order valence-corrected chi connectivity index (χ4v) is 5.49. The highest BCUT2D eigenvalue weighted by molar-refractivity contribution is 7.89. The molecule has 0 radical (unpaired) electrons. The molecule has 180 valence electrons. The summed E-state index contributed by atoms with van der Waals surface area (Å²) in [6.07, 6.45) is 4.98. The van der Waals surface area contributed by atoms with Crippen molar-refractivity contribution in [2.24, 2.45) is 0 Å². The smallest absolute Gasteiger partial charge is 0.243 e. The number of anilines is 2. The number of nitrogens with two attached hydrogens (primary N) is 1. The minimum atomic E-state index is -3.64. The van der Waals surface area contributed by atoms with E-state index in [2.05, 4.69) is 34.1 Å². The molecule has 10 heteroatoms. The lowest BCUT2D eigenvalue weighted by Crippen LogP contribution is -2.45. The van der Waals surface area contributed by atoms with Crippen molar-refractivity contribution in [1.82, 2.24) is 19.3 Å². The molecular formula is C24H30N6O3S. The van der Waals surface area contributed by atoms with Crippen LogP contribution in [0.4, 0.5) is 11.8 Å². The molecule has 0 saturated carbocycles. The van der Waals surface area contributed by atoms with E-state index in [4.69, 9.17) is 10.5 Å². The number of rotatable bonds is 7. The first kappa shape index (κ1) is 23.9. The van der Waals surface area contributed by atoms with Gasteiger partial charge in [0.2, 0.25) is 16.0 Å². The summed E-state index contributed by atoms with van der Waals surface area (Å²) in [5.41, 5.74) is 8.36. The summed E-state index contributed by atoms with van der Waals surface area (Å²) in [5, 5.41) is 3.32. The van der Waals surface area contributed by atoms with Gasteiger partial charge < -0.3 is 15.8 Å². The number of ether oxygens (including phenoxy) is 1. The maximum Gasteiger partial charge on any atom is 0.243 e. The molecule has 1 aliphatic rings. The van der Waals surface area contributed by atoms with Gasteiger partial charge in [-0.2, -0.15) is 4.31 Å². The summed E-state index contributed by atoms with van der Waals surface area (Å²) in [6, 6.07) is 10.4. The van der Waals surface area contributed by atoms with Crippen LogP contribution >= 0.6 is 0 Å². The third kappa shape index (κ3) is 5.13. The van der Waals surface area contributed by atoms with Crippen molar-refractivity contribution in [3.8, 4) is 16.9 Å². The fraction of sp³-hybridized carbons (Fsp3) is 0.375. The van der Waals surface area contributed by atoms with Gasteiger partial charge in [0.05, 0.1) is 12.0 Å². The summed E-state index contributed by atoms with van der Waals surface area (Å²) in [4.78, 5) is 13.3. The van der Waals surface area contributed by atoms with E-state index in [0.29, 0.717) is 36.5 Å². The van der Waals surface area contributed by atoms with Crippen molar-refractivity contribution >= 4 is 21.8 Å². The molecule has 0 aliphatic carbocycles. The molecule has 1 fully saturated rings. The first-order valence-corrected chi connectivity index (χ1v) is 12.7. The molecule has 0 unspecified atom stereocenters. The monoisotopic (exact) mass is 482 g/mol. The van der Waals surface area contributed by atoms with Crippen LogP contribution in [0.2, 0.25) is 0 Å². The van der Waals surface area contributed by atoms with Crippen LogP contribution < -0.4 is 15.8 Å². The van der Waals surface area contributed by atoms with Gasteiger partial charge in [-0.3, -0.25) is 0 Å². The second kappa shape index (κ2) is 9.94. The molecule has 3 heterocycles. The van der Waals surface area contributed by atoms with Gasteiger partial charge >= 0.3 is 0 Å². The van der Waals surface area contributed by atoms with Crippen molar-refractivity contribution in [2.45, 2.75) is 43.5 Å². The van der Waals surface area contributed by atoms with Crippen molar-refractivity contribution in [1.29, 1.82) is 0 Å². The van der Waals surface area contributed by atoms with Gasteiger partial charge in [-0.15, -0.1) is 0 Å². The molecule has 1 aromatic carbocycles. The van der Waals surface area contributed by atoms with E-state index in [1.54, 1.807) is 42.7 Å². The first-order chi connectivity index (χ1) is 16.3. The van der Waals surface area contributed by atoms with Gasteiger partial charge in [0.1, 0.15) is 0 Å². The summed E-state index contributed by atoms with van der Waals surface area (Å²) in [5.74, 6) is 1.61. The lowest BCUT2D eigenvalue weighted by molar-refractivity contribution is 0.326. The van der Waals surface area contributed by atoms with Gasteiger partial charge in [-0.25, -0.2) is 23.4 Å². The minimum Gasteiger partial charge on any atom is -0.493 e. The fourth-order valence-electron chi connectivity index (χ4n) is 3.97. The van der Waals surface area contributed by atoms with E-state index >= 15 is 0 Å². The number of hydrogen-bond donors (Lipinski definition) is 2. The van der Waals surface area contributed by atoms with E-state index in [1.807, 2.05) is 6.07 Å². The maximum atomic E-state index is 13.3. The van der Waals surface area contributed by atoms with Crippen molar-refractivity contribution in [2.75, 3.05) is 31.2 Å². The second-order valence-corrected chi connectivity index (χ2v) is 10.6. The molecule has 1 saturated heterocycles. The molecule has 3 aromatic rings. The highest BCUT2D eigenvalue weighted by atomic mass is 32.2. The average Bonchev–Trinajstić information content (AvgIpc) is 2.85. The second-order valence-electron chi connectivity index (χ2n) is 8.64. The van der Waals surface area contributed by atoms with Crippen molar-refractivity contribution < 1.29 is 13.2 Å². The largest absolute Gasteiger partial charge is 0.493 e. The van der Waals surface area contributed by atoms with E-state index in [0.717, 1.165) is 29.7 Å². The van der Waals surface area contributed by atoms with Crippen LogP contribution in [0.15, 0.2) is 53.7 Å². The molecule has 9 nitrogen and oxygen atoms in total. The molecule has 3 N–H and O–H groups in total. The molecule has 0 bridgehead atoms. The lowest BCUT2D eigenvalue weighted by Gasteiger charge is -2.32. The number of piperidine rings is 1. The number of sulfonamides is 1. The quantitative estimate of drug-likeness (QED) is 0.524. The number of benzene rings is 1. The summed E-state index contributed by atoms with van der Waals surface area (Å²) < 4.78 is 33.4. The Kier molecular flexibility index (Phi) is 6.99. The maximum absolute atomic E-state index is 13.3. The Morgan fingerprint density at radius 2 is 1.91 bits per heavy atom. The predicted molar refractivity (Wildman–Crippen MR) is 132 cm³/mol. The Morgan fingerprint density at radius 1 is 1.15 bits per heavy atom. The van der Waals surface area contributed by atoms with Crippen LogP contribution in [-0.2, 0) is 10.0 Å². The number of nitrogen functional groups attached to an aromatic ring is 1. The Hall–Kier alpha value is -3.24. The summed E-state index contributed by atoms with van der Waals surface area (Å²) in [6.45, 7) is 4.99. The summed E-state index contributed by atoms with van der Waals surface area (Å²) >= 11 is 0. The van der Waals surface area contributed by atoms with Crippen molar-refractivity contribution in [3.05, 3.63) is 54.5 Å². The average molecular weight is 483 g/mol. The lowest BCUT2D eigenvalue weighted by atomic mass is 10.1. The normalized spacial score (nSPS) is 17.0. The van der Waals surface area contributed by atoms with Gasteiger partial charge in [0.25, 0.3) is 0 Å². The Morgan fingerprint density at radius 3 is 2.62 bits per heavy atom. The highest BCUT2D eigenvalue weighted by Crippen LogP contribution is 2.29. The van der Waals surface area contributed by atoms with Crippen molar-refractivity contribution in [3.63, 3.8) is 0 Å². The van der Waals surface area contributed by atoms with Crippen LogP contribution in [0.25, 0.3) is 11.1 Å². The van der Waals surface area contributed by atoms with Gasteiger partial charge in [0, 0.05) is 42.8 Å². The number of methoxy groups -OCH3 is 1. The minimum absolute atomic E-state index is 0.0569. The predicted octanol–water partition coefficient (Wildman–Crippen LogP) is 3.52. The molecule has 2 aromatic heterocycles. The molecule has 0 amide bonds. The third-order valence-corrected chi connectivity index (χ3v) is 7.79. The van der Waals surface area contributed by atoms with Crippen LogP contribution in [-0.4, -0.2) is 53.9 Å². The zero-order valence-electron chi connectivity index (χ0n) is 19.6. The SMILES string of the molecule is COc1cc(-c2ccc(S(=O)(=O)N3CCC[C@@H](Nc4nccc(C(C)C)n4)C3)cc2)cnc1N. The van der Waals surface area contributed by atoms with Gasteiger partial charge in [-0.1, -0.05) is 26.0 Å². The topological polar surface area (TPSA) is 123 Å². The van der Waals surface area contributed by atoms with Crippen LogP contribution in [0.3, 0.4) is 0 Å². The Labute approximate surface area is 200 Å². The summed E-state index contributed by atoms with van der Waals surface area (Å²) in [7, 11) is -2.11. The standard InChI is InChI=1S/C24H30N6O3S/c1-16(2)21-10-11-26-24(29-21)28-19-5-4-12-30(15-19)34(31,32)20-8-6-17(7-9-20)18-13-22(33-3)23(25)27-14-18/h6-11,13-14,16,19H,4-5,12,15H2,1-3H3,(H2,25,27)(H,26,28,29)/t19-/m1/s1. The molecule has 34 heavy (non-hydrogen) atoms.